The third-order valence-corrected chi connectivity index (χ3v) is 2.36. The van der Waals surface area contributed by atoms with Crippen molar-refractivity contribution in [1.29, 1.82) is 0 Å². The zero-order chi connectivity index (χ0) is 10.6. The number of hydrogen-bond acceptors (Lipinski definition) is 2. The molecule has 1 unspecified atom stereocenters. The summed E-state index contributed by atoms with van der Waals surface area (Å²) in [5, 5.41) is 0. The Labute approximate surface area is 84.5 Å². The molecule has 1 aromatic rings. The Morgan fingerprint density at radius 1 is 1.29 bits per heavy atom. The van der Waals surface area contributed by atoms with Crippen LogP contribution in [0.3, 0.4) is 0 Å². The van der Waals surface area contributed by atoms with Crippen LogP contribution in [-0.4, -0.2) is 12.3 Å². The highest BCUT2D eigenvalue weighted by Gasteiger charge is 2.10. The van der Waals surface area contributed by atoms with Crippen molar-refractivity contribution in [2.75, 3.05) is 6.54 Å². The van der Waals surface area contributed by atoms with Gasteiger partial charge in [0, 0.05) is 11.4 Å². The van der Waals surface area contributed by atoms with Gasteiger partial charge < -0.3 is 5.73 Å². The summed E-state index contributed by atoms with van der Waals surface area (Å²) < 4.78 is 37.0. The molecule has 0 bridgehead atoms. The minimum Gasteiger partial charge on any atom is -0.327 e. The highest BCUT2D eigenvalue weighted by Crippen LogP contribution is 2.27. The molecule has 1 aromatic carbocycles. The van der Waals surface area contributed by atoms with Gasteiger partial charge in [-0.05, 0) is 17.7 Å². The first kappa shape index (κ1) is 11.4. The van der Waals surface area contributed by atoms with Crippen LogP contribution in [0.5, 0.6) is 0 Å². The number of nitrogens with two attached hydrogens (primary N) is 1. The second kappa shape index (κ2) is 5.26. The number of halogens is 3. The number of benzene rings is 1. The Bertz CT molecular complexity index is 293. The minimum atomic E-state index is -2.49. The van der Waals surface area contributed by atoms with E-state index in [4.69, 9.17) is 5.73 Å². The second-order valence-electron chi connectivity index (χ2n) is 2.65. The van der Waals surface area contributed by atoms with E-state index in [0.29, 0.717) is 22.2 Å². The first-order valence-electron chi connectivity index (χ1n) is 4.02. The molecule has 1 nitrogen and oxygen atoms in total. The standard InChI is InChI=1S/C9H10F3NS/c10-8(5-13)6-2-1-3-7(4-6)14-9(11)12/h1-4,8-9H,5,13H2. The van der Waals surface area contributed by atoms with Crippen LogP contribution in [0.4, 0.5) is 13.2 Å². The molecule has 0 fully saturated rings. The lowest BCUT2D eigenvalue weighted by Crippen LogP contribution is -2.07. The van der Waals surface area contributed by atoms with Crippen molar-refractivity contribution in [2.45, 2.75) is 16.8 Å². The lowest BCUT2D eigenvalue weighted by molar-refractivity contribution is 0.252. The highest BCUT2D eigenvalue weighted by molar-refractivity contribution is 7.99. The number of hydrogen-bond donors (Lipinski definition) is 1. The van der Waals surface area contributed by atoms with E-state index < -0.39 is 11.9 Å². The van der Waals surface area contributed by atoms with Gasteiger partial charge in [0.2, 0.25) is 0 Å². The molecule has 0 aliphatic carbocycles. The molecular formula is C9H10F3NS. The monoisotopic (exact) mass is 221 g/mol. The maximum absolute atomic E-state index is 13.1. The molecule has 1 rings (SSSR count). The van der Waals surface area contributed by atoms with Crippen LogP contribution < -0.4 is 5.73 Å². The summed E-state index contributed by atoms with van der Waals surface area (Å²) in [6, 6.07) is 5.99. The molecule has 14 heavy (non-hydrogen) atoms. The lowest BCUT2D eigenvalue weighted by atomic mass is 10.1. The van der Waals surface area contributed by atoms with Crippen molar-refractivity contribution in [3.63, 3.8) is 0 Å². The van der Waals surface area contributed by atoms with Gasteiger partial charge in [-0.2, -0.15) is 8.78 Å². The first-order chi connectivity index (χ1) is 6.63. The van der Waals surface area contributed by atoms with Crippen molar-refractivity contribution < 1.29 is 13.2 Å². The third-order valence-electron chi connectivity index (χ3n) is 1.65. The summed E-state index contributed by atoms with van der Waals surface area (Å²) in [7, 11) is 0. The van der Waals surface area contributed by atoms with Crippen LogP contribution in [-0.2, 0) is 0 Å². The van der Waals surface area contributed by atoms with Crippen LogP contribution in [0, 0.1) is 0 Å². The summed E-state index contributed by atoms with van der Waals surface area (Å²) in [6.07, 6.45) is -1.28. The lowest BCUT2D eigenvalue weighted by Gasteiger charge is -2.07. The average molecular weight is 221 g/mol. The quantitative estimate of drug-likeness (QED) is 0.791. The maximum atomic E-state index is 13.1. The molecule has 2 N–H and O–H groups in total. The second-order valence-corrected chi connectivity index (χ2v) is 3.72. The normalized spacial score (nSPS) is 13.2. The highest BCUT2D eigenvalue weighted by atomic mass is 32.2. The van der Waals surface area contributed by atoms with Crippen LogP contribution in [0.15, 0.2) is 29.2 Å². The molecule has 0 saturated carbocycles. The molecule has 0 aliphatic heterocycles. The van der Waals surface area contributed by atoms with Gasteiger partial charge >= 0.3 is 0 Å². The van der Waals surface area contributed by atoms with E-state index in [1.807, 2.05) is 0 Å². The smallest absolute Gasteiger partial charge is 0.288 e. The van der Waals surface area contributed by atoms with Crippen LogP contribution in [0.2, 0.25) is 0 Å². The fraction of sp³-hybridized carbons (Fsp3) is 0.333. The van der Waals surface area contributed by atoms with E-state index in [1.165, 1.54) is 18.2 Å². The minimum absolute atomic E-state index is 0.136. The Balaban J connectivity index is 2.78. The predicted molar refractivity (Wildman–Crippen MR) is 51.2 cm³/mol. The van der Waals surface area contributed by atoms with Gasteiger partial charge in [-0.25, -0.2) is 4.39 Å². The van der Waals surface area contributed by atoms with E-state index in [0.717, 1.165) is 0 Å². The molecule has 0 amide bonds. The maximum Gasteiger partial charge on any atom is 0.288 e. The molecule has 78 valence electrons. The molecule has 5 heteroatoms. The van der Waals surface area contributed by atoms with Crippen LogP contribution in [0.25, 0.3) is 0 Å². The molecule has 1 atom stereocenters. The van der Waals surface area contributed by atoms with E-state index in [1.54, 1.807) is 6.07 Å². The van der Waals surface area contributed by atoms with Gasteiger partial charge in [0.15, 0.2) is 0 Å². The Hall–Kier alpha value is -0.680. The van der Waals surface area contributed by atoms with Crippen molar-refractivity contribution in [2.24, 2.45) is 5.73 Å². The van der Waals surface area contributed by atoms with Gasteiger partial charge in [0.05, 0.1) is 0 Å². The van der Waals surface area contributed by atoms with Gasteiger partial charge in [-0.1, -0.05) is 23.9 Å². The van der Waals surface area contributed by atoms with E-state index in [9.17, 15) is 13.2 Å². The zero-order valence-electron chi connectivity index (χ0n) is 7.29. The van der Waals surface area contributed by atoms with Gasteiger partial charge in [0.25, 0.3) is 5.76 Å². The summed E-state index contributed by atoms with van der Waals surface area (Å²) in [6.45, 7) is -0.136. The zero-order valence-corrected chi connectivity index (χ0v) is 8.11. The summed E-state index contributed by atoms with van der Waals surface area (Å²) >= 11 is 0.400. The average Bonchev–Trinajstić information content (AvgIpc) is 2.16. The Morgan fingerprint density at radius 2 is 2.00 bits per heavy atom. The fourth-order valence-electron chi connectivity index (χ4n) is 1.02. The van der Waals surface area contributed by atoms with Gasteiger partial charge in [-0.3, -0.25) is 0 Å². The molecular weight excluding hydrogens is 211 g/mol. The Kier molecular flexibility index (Phi) is 4.28. The van der Waals surface area contributed by atoms with Crippen LogP contribution >= 0.6 is 11.8 Å². The van der Waals surface area contributed by atoms with E-state index >= 15 is 0 Å². The molecule has 0 heterocycles. The van der Waals surface area contributed by atoms with Crippen LogP contribution in [0.1, 0.15) is 11.7 Å². The number of rotatable bonds is 4. The Morgan fingerprint density at radius 3 is 2.57 bits per heavy atom. The molecule has 0 aliphatic rings. The van der Waals surface area contributed by atoms with E-state index in [-0.39, 0.29) is 6.54 Å². The molecule has 0 radical (unpaired) electrons. The molecule has 0 aromatic heterocycles. The predicted octanol–water partition coefficient (Wildman–Crippen LogP) is 2.97. The van der Waals surface area contributed by atoms with Crippen molar-refractivity contribution in [3.05, 3.63) is 29.8 Å². The fourth-order valence-corrected chi connectivity index (χ4v) is 1.59. The third kappa shape index (κ3) is 3.23. The number of thioether (sulfide) groups is 1. The SMILES string of the molecule is NCC(F)c1cccc(SC(F)F)c1. The van der Waals surface area contributed by atoms with Crippen molar-refractivity contribution >= 4 is 11.8 Å². The van der Waals surface area contributed by atoms with Gasteiger partial charge in [0.1, 0.15) is 6.17 Å². The van der Waals surface area contributed by atoms with Gasteiger partial charge in [-0.15, -0.1) is 0 Å². The molecule has 0 spiro atoms. The van der Waals surface area contributed by atoms with Crippen molar-refractivity contribution in [3.8, 4) is 0 Å². The summed E-state index contributed by atoms with van der Waals surface area (Å²) in [5.74, 6) is -2.49. The first-order valence-corrected chi connectivity index (χ1v) is 4.90. The summed E-state index contributed by atoms with van der Waals surface area (Å²) in [5.41, 5.74) is 5.47. The molecule has 0 saturated heterocycles. The largest absolute Gasteiger partial charge is 0.327 e. The number of alkyl halides is 3. The summed E-state index contributed by atoms with van der Waals surface area (Å²) in [4.78, 5) is 0.355. The topological polar surface area (TPSA) is 26.0 Å². The van der Waals surface area contributed by atoms with Crippen molar-refractivity contribution in [1.82, 2.24) is 0 Å². The van der Waals surface area contributed by atoms with E-state index in [2.05, 4.69) is 0 Å².